The van der Waals surface area contributed by atoms with Crippen molar-refractivity contribution in [3.63, 3.8) is 0 Å². The van der Waals surface area contributed by atoms with E-state index in [0.29, 0.717) is 10.0 Å². The highest BCUT2D eigenvalue weighted by molar-refractivity contribution is 6.02. The van der Waals surface area contributed by atoms with Crippen LogP contribution in [0.2, 0.25) is 0 Å². The molecule has 84 valence electrons. The van der Waals surface area contributed by atoms with Gasteiger partial charge in [-0.05, 0) is 10.4 Å². The van der Waals surface area contributed by atoms with E-state index >= 15 is 0 Å². The molecule has 0 atom stereocenters. The third kappa shape index (κ3) is 1.55. The minimum Gasteiger partial charge on any atom is -0.327 e. The zero-order chi connectivity index (χ0) is 11.7. The molecule has 0 bridgehead atoms. The number of nitrogens with zero attached hydrogens (tertiary/aromatic N) is 4. The van der Waals surface area contributed by atoms with E-state index in [1.54, 1.807) is 0 Å². The molecule has 2 fully saturated rings. The molecule has 0 aromatic heterocycles. The molecule has 2 aliphatic heterocycles. The summed E-state index contributed by atoms with van der Waals surface area (Å²) < 4.78 is 0. The molecule has 6 amide bonds. The van der Waals surface area contributed by atoms with E-state index in [2.05, 4.69) is 21.1 Å². The summed E-state index contributed by atoms with van der Waals surface area (Å²) in [4.78, 5) is 44.1. The van der Waals surface area contributed by atoms with Gasteiger partial charge >= 0.3 is 12.1 Å². The van der Waals surface area contributed by atoms with Crippen LogP contribution in [0.1, 0.15) is 0 Å². The second-order valence-corrected chi connectivity index (χ2v) is 2.91. The molecule has 10 heteroatoms. The van der Waals surface area contributed by atoms with Gasteiger partial charge < -0.3 is 10.6 Å². The first kappa shape index (κ1) is 10.0. The van der Waals surface area contributed by atoms with Crippen LogP contribution in [-0.4, -0.2) is 47.0 Å². The van der Waals surface area contributed by atoms with Crippen molar-refractivity contribution >= 4 is 23.9 Å². The van der Waals surface area contributed by atoms with Gasteiger partial charge in [0.1, 0.15) is 13.1 Å². The molecule has 16 heavy (non-hydrogen) atoms. The largest absolute Gasteiger partial charge is 0.347 e. The van der Waals surface area contributed by atoms with Crippen molar-refractivity contribution in [2.75, 3.05) is 13.1 Å². The molecule has 0 unspecified atom stereocenters. The third-order valence-corrected chi connectivity index (χ3v) is 1.86. The van der Waals surface area contributed by atoms with Crippen LogP contribution in [0.25, 0.3) is 0 Å². The molecule has 2 aliphatic rings. The number of carbonyl (C=O) groups excluding carboxylic acids is 4. The van der Waals surface area contributed by atoms with E-state index in [1.807, 2.05) is 0 Å². The van der Waals surface area contributed by atoms with Crippen molar-refractivity contribution in [2.24, 2.45) is 10.4 Å². The molecule has 0 aromatic carbocycles. The first-order valence-corrected chi connectivity index (χ1v) is 4.23. The fourth-order valence-electron chi connectivity index (χ4n) is 1.09. The zero-order valence-corrected chi connectivity index (χ0v) is 7.84. The molecule has 0 saturated carbocycles. The lowest BCUT2D eigenvalue weighted by Gasteiger charge is -2.05. The summed E-state index contributed by atoms with van der Waals surface area (Å²) in [7, 11) is 0. The maximum absolute atomic E-state index is 11.0. The lowest BCUT2D eigenvalue weighted by Crippen LogP contribution is -2.29. The standard InChI is InChI=1S/C6H6N6O4/c13-3-1-7-5(15)11(3)9-10-12-4(14)2-8-6(12)16/h1-2H2,(H,7,15)(H,8,16)/b10-9+. The lowest BCUT2D eigenvalue weighted by atomic mass is 10.6. The zero-order valence-electron chi connectivity index (χ0n) is 7.84. The highest BCUT2D eigenvalue weighted by Crippen LogP contribution is 2.04. The van der Waals surface area contributed by atoms with Crippen molar-refractivity contribution in [2.45, 2.75) is 0 Å². The summed E-state index contributed by atoms with van der Waals surface area (Å²) >= 11 is 0. The normalized spacial score (nSPS) is 21.0. The van der Waals surface area contributed by atoms with Crippen LogP contribution in [0.15, 0.2) is 10.4 Å². The number of urea groups is 2. The van der Waals surface area contributed by atoms with E-state index in [1.165, 1.54) is 0 Å². The fraction of sp³-hybridized carbons (Fsp3) is 0.333. The summed E-state index contributed by atoms with van der Waals surface area (Å²) in [6, 6.07) is -1.50. The lowest BCUT2D eigenvalue weighted by molar-refractivity contribution is -0.128. The van der Waals surface area contributed by atoms with Crippen molar-refractivity contribution < 1.29 is 19.2 Å². The van der Waals surface area contributed by atoms with Crippen LogP contribution < -0.4 is 10.6 Å². The van der Waals surface area contributed by atoms with E-state index in [0.717, 1.165) is 0 Å². The smallest absolute Gasteiger partial charge is 0.327 e. The summed E-state index contributed by atoms with van der Waals surface area (Å²) in [5.41, 5.74) is 0. The van der Waals surface area contributed by atoms with E-state index in [4.69, 9.17) is 0 Å². The van der Waals surface area contributed by atoms with Gasteiger partial charge in [0, 0.05) is 0 Å². The Morgan fingerprint density at radius 1 is 0.812 bits per heavy atom. The molecule has 0 radical (unpaired) electrons. The molecular weight excluding hydrogens is 220 g/mol. The van der Waals surface area contributed by atoms with Crippen LogP contribution in [-0.2, 0) is 9.59 Å². The number of imide groups is 2. The van der Waals surface area contributed by atoms with Gasteiger partial charge in [0.15, 0.2) is 0 Å². The van der Waals surface area contributed by atoms with Gasteiger partial charge in [-0.2, -0.15) is 0 Å². The van der Waals surface area contributed by atoms with Gasteiger partial charge in [0.25, 0.3) is 11.8 Å². The highest BCUT2D eigenvalue weighted by Gasteiger charge is 2.32. The molecule has 0 aliphatic carbocycles. The van der Waals surface area contributed by atoms with Crippen LogP contribution in [0.3, 0.4) is 0 Å². The second-order valence-electron chi connectivity index (χ2n) is 2.91. The number of hydrogen-bond donors (Lipinski definition) is 2. The molecule has 2 heterocycles. The fourth-order valence-corrected chi connectivity index (χ4v) is 1.09. The monoisotopic (exact) mass is 226 g/mol. The molecular formula is C6H6N6O4. The molecule has 2 rings (SSSR count). The van der Waals surface area contributed by atoms with Gasteiger partial charge in [-0.3, -0.25) is 9.59 Å². The number of hydrogen-bond acceptors (Lipinski definition) is 6. The quantitative estimate of drug-likeness (QED) is 0.433. The topological polar surface area (TPSA) is 124 Å². The predicted molar refractivity (Wildman–Crippen MR) is 45.3 cm³/mol. The molecule has 2 saturated heterocycles. The van der Waals surface area contributed by atoms with E-state index < -0.39 is 23.9 Å². The summed E-state index contributed by atoms with van der Waals surface area (Å²) in [6.07, 6.45) is 0. The third-order valence-electron chi connectivity index (χ3n) is 1.86. The van der Waals surface area contributed by atoms with Gasteiger partial charge in [0.2, 0.25) is 0 Å². The van der Waals surface area contributed by atoms with Crippen molar-refractivity contribution in [3.05, 3.63) is 0 Å². The molecule has 0 spiro atoms. The van der Waals surface area contributed by atoms with Crippen LogP contribution >= 0.6 is 0 Å². The summed E-state index contributed by atoms with van der Waals surface area (Å²) in [5.74, 6) is -1.22. The van der Waals surface area contributed by atoms with Gasteiger partial charge in [0.05, 0.1) is 0 Å². The second kappa shape index (κ2) is 3.56. The Bertz CT molecular complexity index is 347. The maximum atomic E-state index is 11.0. The van der Waals surface area contributed by atoms with Crippen molar-refractivity contribution in [1.82, 2.24) is 20.7 Å². The average molecular weight is 226 g/mol. The maximum Gasteiger partial charge on any atom is 0.347 e. The Balaban J connectivity index is 2.09. The van der Waals surface area contributed by atoms with Crippen LogP contribution in [0.4, 0.5) is 9.59 Å². The minimum absolute atomic E-state index is 0.183. The highest BCUT2D eigenvalue weighted by atomic mass is 16.2. The van der Waals surface area contributed by atoms with Gasteiger partial charge in [-0.25, -0.2) is 9.59 Å². The number of rotatable bonds is 2. The van der Waals surface area contributed by atoms with E-state index in [9.17, 15) is 19.2 Å². The van der Waals surface area contributed by atoms with Crippen LogP contribution in [0.5, 0.6) is 0 Å². The van der Waals surface area contributed by atoms with Gasteiger partial charge in [-0.1, -0.05) is 0 Å². The average Bonchev–Trinajstić information content (AvgIpc) is 2.72. The van der Waals surface area contributed by atoms with Crippen LogP contribution in [0, 0.1) is 0 Å². The first-order valence-electron chi connectivity index (χ1n) is 4.23. The molecule has 2 N–H and O–H groups in total. The Labute approximate surface area is 88.2 Å². The minimum atomic E-state index is -0.749. The Hall–Kier alpha value is -2.52. The van der Waals surface area contributed by atoms with Crippen molar-refractivity contribution in [1.29, 1.82) is 0 Å². The molecule has 0 aromatic rings. The van der Waals surface area contributed by atoms with Crippen molar-refractivity contribution in [3.8, 4) is 0 Å². The summed E-state index contributed by atoms with van der Waals surface area (Å²) in [6.45, 7) is -0.365. The predicted octanol–water partition coefficient (Wildman–Crippen LogP) is -1.63. The first-order chi connectivity index (χ1) is 7.59. The molecule has 10 nitrogen and oxygen atoms in total. The number of nitrogens with one attached hydrogen (secondary N) is 2. The Kier molecular flexibility index (Phi) is 2.23. The number of amides is 6. The summed E-state index contributed by atoms with van der Waals surface area (Å²) in [5, 5.41) is 11.7. The SMILES string of the molecule is O=C1CNC(=O)N1/N=N/N1C(=O)CNC1=O. The van der Waals surface area contributed by atoms with Gasteiger partial charge in [-0.15, -0.1) is 10.0 Å². The Morgan fingerprint density at radius 3 is 1.44 bits per heavy atom. The van der Waals surface area contributed by atoms with E-state index in [-0.39, 0.29) is 13.1 Å². The number of carbonyl (C=O) groups is 4. The Morgan fingerprint density at radius 2 is 1.19 bits per heavy atom.